The molecule has 2 unspecified atom stereocenters. The summed E-state index contributed by atoms with van der Waals surface area (Å²) >= 11 is 0. The van der Waals surface area contributed by atoms with Crippen molar-refractivity contribution in [3.63, 3.8) is 0 Å². The van der Waals surface area contributed by atoms with Crippen molar-refractivity contribution in [2.45, 2.75) is 25.1 Å². The van der Waals surface area contributed by atoms with Crippen LogP contribution in [0.5, 0.6) is 5.75 Å². The largest absolute Gasteiger partial charge is 0.484 e. The Labute approximate surface area is 175 Å². The van der Waals surface area contributed by atoms with E-state index in [2.05, 4.69) is 20.5 Å². The second kappa shape index (κ2) is 8.05. The average Bonchev–Trinajstić information content (AvgIpc) is 3.31. The molecule has 1 aromatic carbocycles. The number of fused-ring (bicyclic) bond motifs is 1. The van der Waals surface area contributed by atoms with E-state index in [1.165, 1.54) is 6.07 Å². The highest BCUT2D eigenvalue weighted by molar-refractivity contribution is 5.73. The lowest BCUT2D eigenvalue weighted by Crippen LogP contribution is -2.20. The fraction of sp³-hybridized carbons (Fsp3) is 0.350. The van der Waals surface area contributed by atoms with Crippen LogP contribution in [0.2, 0.25) is 0 Å². The van der Waals surface area contributed by atoms with Crippen LogP contribution in [0.1, 0.15) is 30.0 Å². The number of hydrazone groups is 1. The standard InChI is InChI=1S/C20H20F4N6O/c1-12(15-7-14(21)3-4-17(15)31-11-20(22,23)24)27-18-5-6-30-19(28-18)16(9-26-30)13-8-25-29(2)10-13/h3-9,12-13H,10-11H2,1-2H3,(H,27,28). The minimum Gasteiger partial charge on any atom is -0.484 e. The molecular weight excluding hydrogens is 416 g/mol. The molecule has 0 saturated heterocycles. The van der Waals surface area contributed by atoms with Crippen molar-refractivity contribution >= 4 is 17.7 Å². The zero-order chi connectivity index (χ0) is 22.2. The second-order valence-electron chi connectivity index (χ2n) is 7.34. The van der Waals surface area contributed by atoms with E-state index < -0.39 is 24.6 Å². The number of alkyl halides is 3. The summed E-state index contributed by atoms with van der Waals surface area (Å²) in [5, 5.41) is 13.5. The first-order valence-electron chi connectivity index (χ1n) is 9.54. The summed E-state index contributed by atoms with van der Waals surface area (Å²) in [5.41, 5.74) is 1.80. The molecule has 0 radical (unpaired) electrons. The fourth-order valence-electron chi connectivity index (χ4n) is 3.43. The van der Waals surface area contributed by atoms with Gasteiger partial charge in [0.15, 0.2) is 12.3 Å². The minimum absolute atomic E-state index is 0.0463. The summed E-state index contributed by atoms with van der Waals surface area (Å²) in [6.45, 7) is 0.941. The van der Waals surface area contributed by atoms with Crippen LogP contribution >= 0.6 is 0 Å². The topological polar surface area (TPSA) is 67.0 Å². The maximum absolute atomic E-state index is 13.8. The van der Waals surface area contributed by atoms with Crippen molar-refractivity contribution in [3.05, 3.63) is 53.6 Å². The highest BCUT2D eigenvalue weighted by atomic mass is 19.4. The van der Waals surface area contributed by atoms with Gasteiger partial charge in [-0.3, -0.25) is 5.01 Å². The molecule has 164 valence electrons. The van der Waals surface area contributed by atoms with Crippen LogP contribution in [-0.2, 0) is 0 Å². The summed E-state index contributed by atoms with van der Waals surface area (Å²) in [7, 11) is 1.88. The normalized spacial score (nSPS) is 17.4. The number of nitrogens with zero attached hydrogens (tertiary/aromatic N) is 5. The van der Waals surface area contributed by atoms with Crippen LogP contribution < -0.4 is 10.1 Å². The Hall–Kier alpha value is -3.37. The number of ether oxygens (including phenoxy) is 1. The molecule has 0 fully saturated rings. The van der Waals surface area contributed by atoms with Crippen molar-refractivity contribution in [3.8, 4) is 5.75 Å². The number of hydrogen-bond donors (Lipinski definition) is 1. The molecular formula is C20H20F4N6O. The van der Waals surface area contributed by atoms with E-state index in [-0.39, 0.29) is 17.2 Å². The quantitative estimate of drug-likeness (QED) is 0.592. The third kappa shape index (κ3) is 4.70. The van der Waals surface area contributed by atoms with Gasteiger partial charge in [0.25, 0.3) is 0 Å². The van der Waals surface area contributed by atoms with Gasteiger partial charge in [0.05, 0.1) is 12.2 Å². The first-order valence-corrected chi connectivity index (χ1v) is 9.54. The zero-order valence-electron chi connectivity index (χ0n) is 16.8. The third-order valence-corrected chi connectivity index (χ3v) is 4.89. The van der Waals surface area contributed by atoms with E-state index in [0.29, 0.717) is 18.0 Å². The van der Waals surface area contributed by atoms with E-state index in [4.69, 9.17) is 4.74 Å². The number of benzene rings is 1. The molecule has 31 heavy (non-hydrogen) atoms. The molecule has 0 spiro atoms. The number of anilines is 1. The lowest BCUT2D eigenvalue weighted by Gasteiger charge is -2.19. The summed E-state index contributed by atoms with van der Waals surface area (Å²) in [6.07, 6.45) is 0.799. The van der Waals surface area contributed by atoms with E-state index in [9.17, 15) is 17.6 Å². The molecule has 0 bridgehead atoms. The molecule has 7 nitrogen and oxygen atoms in total. The molecule has 0 aliphatic carbocycles. The summed E-state index contributed by atoms with van der Waals surface area (Å²) in [4.78, 5) is 4.60. The van der Waals surface area contributed by atoms with E-state index >= 15 is 0 Å². The maximum atomic E-state index is 13.8. The van der Waals surface area contributed by atoms with E-state index in [0.717, 1.165) is 17.7 Å². The molecule has 1 aliphatic heterocycles. The lowest BCUT2D eigenvalue weighted by atomic mass is 10.0. The van der Waals surface area contributed by atoms with Crippen molar-refractivity contribution < 1.29 is 22.3 Å². The highest BCUT2D eigenvalue weighted by Crippen LogP contribution is 2.30. The van der Waals surface area contributed by atoms with Crippen molar-refractivity contribution in [2.24, 2.45) is 5.10 Å². The van der Waals surface area contributed by atoms with Crippen molar-refractivity contribution in [1.29, 1.82) is 0 Å². The Bertz CT molecular complexity index is 1110. The number of nitrogens with one attached hydrogen (secondary N) is 1. The molecule has 3 aromatic rings. The summed E-state index contributed by atoms with van der Waals surface area (Å²) in [6, 6.07) is 4.52. The predicted molar refractivity (Wildman–Crippen MR) is 107 cm³/mol. The Morgan fingerprint density at radius 3 is 2.81 bits per heavy atom. The molecule has 1 N–H and O–H groups in total. The van der Waals surface area contributed by atoms with Crippen LogP contribution in [-0.4, -0.2) is 52.2 Å². The number of hydrogen-bond acceptors (Lipinski definition) is 6. The van der Waals surface area contributed by atoms with E-state index in [1.807, 2.05) is 18.3 Å². The SMILES string of the molecule is CC(Nc1ccn2ncc(C3C=NN(C)C3)c2n1)c1cc(F)ccc1OCC(F)(F)F. The van der Waals surface area contributed by atoms with Gasteiger partial charge in [-0.2, -0.15) is 23.4 Å². The Kier molecular flexibility index (Phi) is 5.42. The smallest absolute Gasteiger partial charge is 0.422 e. The molecule has 0 amide bonds. The van der Waals surface area contributed by atoms with Gasteiger partial charge in [0.1, 0.15) is 17.4 Å². The van der Waals surface area contributed by atoms with Gasteiger partial charge in [0, 0.05) is 43.0 Å². The Morgan fingerprint density at radius 2 is 2.10 bits per heavy atom. The van der Waals surface area contributed by atoms with Crippen LogP contribution in [0.15, 0.2) is 41.8 Å². The fourth-order valence-corrected chi connectivity index (χ4v) is 3.43. The number of aromatic nitrogens is 3. The molecule has 11 heteroatoms. The number of likely N-dealkylation sites (N-methyl/N-ethyl adjacent to an activating group) is 1. The average molecular weight is 436 g/mol. The monoisotopic (exact) mass is 436 g/mol. The van der Waals surface area contributed by atoms with Gasteiger partial charge in [-0.1, -0.05) is 0 Å². The van der Waals surface area contributed by atoms with E-state index in [1.54, 1.807) is 29.9 Å². The number of halogens is 4. The van der Waals surface area contributed by atoms with Crippen molar-refractivity contribution in [2.75, 3.05) is 25.5 Å². The van der Waals surface area contributed by atoms with Crippen molar-refractivity contribution in [1.82, 2.24) is 19.6 Å². The Balaban J connectivity index is 1.58. The van der Waals surface area contributed by atoms with Gasteiger partial charge in [-0.05, 0) is 31.2 Å². The van der Waals surface area contributed by atoms with Gasteiger partial charge in [-0.15, -0.1) is 0 Å². The summed E-state index contributed by atoms with van der Waals surface area (Å²) in [5.74, 6) is -0.103. The number of rotatable bonds is 6. The first kappa shape index (κ1) is 20.9. The molecule has 2 aromatic heterocycles. The predicted octanol–water partition coefficient (Wildman–Crippen LogP) is 4.00. The van der Waals surface area contributed by atoms with Crippen LogP contribution in [0.25, 0.3) is 5.65 Å². The molecule has 4 rings (SSSR count). The molecule has 0 saturated carbocycles. The molecule has 2 atom stereocenters. The zero-order valence-corrected chi connectivity index (χ0v) is 16.8. The van der Waals surface area contributed by atoms with Crippen LogP contribution in [0.4, 0.5) is 23.4 Å². The molecule has 1 aliphatic rings. The Morgan fingerprint density at radius 1 is 1.29 bits per heavy atom. The van der Waals surface area contributed by atoms with Crippen LogP contribution in [0.3, 0.4) is 0 Å². The second-order valence-corrected chi connectivity index (χ2v) is 7.34. The van der Waals surface area contributed by atoms with Gasteiger partial charge in [-0.25, -0.2) is 13.9 Å². The highest BCUT2D eigenvalue weighted by Gasteiger charge is 2.29. The minimum atomic E-state index is -4.50. The van der Waals surface area contributed by atoms with Gasteiger partial charge in [0.2, 0.25) is 0 Å². The third-order valence-electron chi connectivity index (χ3n) is 4.89. The van der Waals surface area contributed by atoms with Gasteiger partial charge < -0.3 is 10.1 Å². The lowest BCUT2D eigenvalue weighted by molar-refractivity contribution is -0.153. The first-order chi connectivity index (χ1) is 14.7. The van der Waals surface area contributed by atoms with Crippen LogP contribution in [0, 0.1) is 5.82 Å². The van der Waals surface area contributed by atoms with Gasteiger partial charge >= 0.3 is 6.18 Å². The molecule has 3 heterocycles. The maximum Gasteiger partial charge on any atom is 0.422 e. The summed E-state index contributed by atoms with van der Waals surface area (Å²) < 4.78 is 58.0.